The zero-order valence-electron chi connectivity index (χ0n) is 5.92. The normalized spacial score (nSPS) is 32.5. The van der Waals surface area contributed by atoms with Gasteiger partial charge in [-0.25, -0.2) is 0 Å². The number of carboxylic acids is 1. The van der Waals surface area contributed by atoms with Gasteiger partial charge in [0.05, 0.1) is 0 Å². The summed E-state index contributed by atoms with van der Waals surface area (Å²) in [5, 5.41) is 8.42. The van der Waals surface area contributed by atoms with Crippen LogP contribution in [0.25, 0.3) is 0 Å². The average Bonchev–Trinajstić information content (AvgIpc) is 2.13. The molecule has 58 valence electrons. The van der Waals surface area contributed by atoms with Crippen LogP contribution in [0.15, 0.2) is 0 Å². The molecule has 2 atom stereocenters. The van der Waals surface area contributed by atoms with Crippen LogP contribution in [0.5, 0.6) is 0 Å². The van der Waals surface area contributed by atoms with Gasteiger partial charge in [0.25, 0.3) is 0 Å². The summed E-state index contributed by atoms with van der Waals surface area (Å²) < 4.78 is 0. The second-order valence-corrected chi connectivity index (χ2v) is 3.04. The first-order chi connectivity index (χ1) is 4.68. The first kappa shape index (κ1) is 7.54. The highest BCUT2D eigenvalue weighted by molar-refractivity contribution is 5.67. The van der Waals surface area contributed by atoms with Gasteiger partial charge in [-0.05, 0) is 25.2 Å². The highest BCUT2D eigenvalue weighted by atomic mass is 16.4. The number of aliphatic carboxylic acids is 1. The van der Waals surface area contributed by atoms with E-state index in [1.807, 2.05) is 0 Å². The van der Waals surface area contributed by atoms with Crippen molar-refractivity contribution in [3.8, 4) is 0 Å². The monoisotopic (exact) mass is 143 g/mol. The third-order valence-corrected chi connectivity index (χ3v) is 2.05. The molecule has 10 heavy (non-hydrogen) atoms. The Labute approximate surface area is 60.2 Å². The lowest BCUT2D eigenvalue weighted by Gasteiger charge is -2.03. The molecule has 1 aliphatic rings. The van der Waals surface area contributed by atoms with E-state index in [0.29, 0.717) is 12.3 Å². The van der Waals surface area contributed by atoms with Gasteiger partial charge in [0.2, 0.25) is 0 Å². The van der Waals surface area contributed by atoms with Crippen LogP contribution >= 0.6 is 0 Å². The van der Waals surface area contributed by atoms with E-state index in [9.17, 15) is 4.79 Å². The summed E-state index contributed by atoms with van der Waals surface area (Å²) in [4.78, 5) is 10.2. The first-order valence-electron chi connectivity index (χ1n) is 3.66. The summed E-state index contributed by atoms with van der Waals surface area (Å²) in [6, 6.07) is 0.254. The molecule has 3 heteroatoms. The minimum Gasteiger partial charge on any atom is -0.481 e. The van der Waals surface area contributed by atoms with E-state index < -0.39 is 5.97 Å². The van der Waals surface area contributed by atoms with Crippen molar-refractivity contribution in [2.45, 2.75) is 31.7 Å². The predicted octanol–water partition coefficient (Wildman–Crippen LogP) is 0.588. The molecule has 1 fully saturated rings. The molecule has 0 amide bonds. The predicted molar refractivity (Wildman–Crippen MR) is 37.6 cm³/mol. The lowest BCUT2D eigenvalue weighted by atomic mass is 10.0. The maximum atomic E-state index is 10.2. The van der Waals surface area contributed by atoms with Crippen LogP contribution in [0.2, 0.25) is 0 Å². The SMILES string of the molecule is N[C@H]1CC[C@H](CC(=O)O)C1. The Balaban J connectivity index is 2.24. The molecule has 0 aromatic heterocycles. The van der Waals surface area contributed by atoms with Gasteiger partial charge in [-0.1, -0.05) is 0 Å². The molecule has 0 spiro atoms. The van der Waals surface area contributed by atoms with E-state index in [4.69, 9.17) is 10.8 Å². The number of hydrogen-bond acceptors (Lipinski definition) is 2. The van der Waals surface area contributed by atoms with Gasteiger partial charge in [-0.3, -0.25) is 4.79 Å². The summed E-state index contributed by atoms with van der Waals surface area (Å²) in [6.07, 6.45) is 3.19. The van der Waals surface area contributed by atoms with Crippen LogP contribution in [0.4, 0.5) is 0 Å². The van der Waals surface area contributed by atoms with Crippen LogP contribution in [0, 0.1) is 5.92 Å². The minimum absolute atomic E-state index is 0.254. The fourth-order valence-corrected chi connectivity index (χ4v) is 1.55. The topological polar surface area (TPSA) is 63.3 Å². The molecule has 0 radical (unpaired) electrons. The maximum Gasteiger partial charge on any atom is 0.303 e. The summed E-state index contributed by atoms with van der Waals surface area (Å²) >= 11 is 0. The van der Waals surface area contributed by atoms with E-state index in [1.165, 1.54) is 0 Å². The lowest BCUT2D eigenvalue weighted by Crippen LogP contribution is -2.15. The third-order valence-electron chi connectivity index (χ3n) is 2.05. The highest BCUT2D eigenvalue weighted by Crippen LogP contribution is 2.26. The zero-order valence-corrected chi connectivity index (χ0v) is 5.92. The Morgan fingerprint density at radius 1 is 1.60 bits per heavy atom. The molecule has 1 saturated carbocycles. The summed E-state index contributed by atoms with van der Waals surface area (Å²) in [5.74, 6) is -0.355. The van der Waals surface area contributed by atoms with Gasteiger partial charge in [-0.2, -0.15) is 0 Å². The van der Waals surface area contributed by atoms with Crippen LogP contribution in [-0.4, -0.2) is 17.1 Å². The van der Waals surface area contributed by atoms with Crippen molar-refractivity contribution in [2.24, 2.45) is 11.7 Å². The molecule has 0 unspecified atom stereocenters. The molecule has 0 heterocycles. The van der Waals surface area contributed by atoms with Crippen LogP contribution < -0.4 is 5.73 Å². The van der Waals surface area contributed by atoms with Gasteiger partial charge in [0.1, 0.15) is 0 Å². The molecule has 0 bridgehead atoms. The molecule has 1 aliphatic carbocycles. The molecule has 0 aliphatic heterocycles. The van der Waals surface area contributed by atoms with Crippen molar-refractivity contribution in [1.82, 2.24) is 0 Å². The Kier molecular flexibility index (Phi) is 2.27. The Bertz CT molecular complexity index is 136. The van der Waals surface area contributed by atoms with Crippen molar-refractivity contribution in [1.29, 1.82) is 0 Å². The van der Waals surface area contributed by atoms with Crippen molar-refractivity contribution in [3.05, 3.63) is 0 Å². The molecular weight excluding hydrogens is 130 g/mol. The Morgan fingerprint density at radius 3 is 2.70 bits per heavy atom. The Morgan fingerprint density at radius 2 is 2.30 bits per heavy atom. The lowest BCUT2D eigenvalue weighted by molar-refractivity contribution is -0.138. The first-order valence-corrected chi connectivity index (χ1v) is 3.66. The number of hydrogen-bond donors (Lipinski definition) is 2. The second-order valence-electron chi connectivity index (χ2n) is 3.04. The van der Waals surface area contributed by atoms with E-state index in [2.05, 4.69) is 0 Å². The van der Waals surface area contributed by atoms with Crippen molar-refractivity contribution < 1.29 is 9.90 Å². The second kappa shape index (κ2) is 3.01. The van der Waals surface area contributed by atoms with E-state index in [1.54, 1.807) is 0 Å². The highest BCUT2D eigenvalue weighted by Gasteiger charge is 2.23. The smallest absolute Gasteiger partial charge is 0.303 e. The van der Waals surface area contributed by atoms with Crippen molar-refractivity contribution in [3.63, 3.8) is 0 Å². The number of carboxylic acid groups (broad SMARTS) is 1. The summed E-state index contributed by atoms with van der Waals surface area (Å²) in [7, 11) is 0. The number of rotatable bonds is 2. The standard InChI is InChI=1S/C7H13NO2/c8-6-2-1-5(3-6)4-7(9)10/h5-6H,1-4,8H2,(H,9,10)/t5-,6-/m0/s1. The summed E-state index contributed by atoms with van der Waals surface area (Å²) in [5.41, 5.74) is 5.61. The largest absolute Gasteiger partial charge is 0.481 e. The molecule has 0 saturated heterocycles. The van der Waals surface area contributed by atoms with Gasteiger partial charge in [0, 0.05) is 12.5 Å². The average molecular weight is 143 g/mol. The van der Waals surface area contributed by atoms with E-state index >= 15 is 0 Å². The fraction of sp³-hybridized carbons (Fsp3) is 0.857. The van der Waals surface area contributed by atoms with E-state index in [-0.39, 0.29) is 6.04 Å². The molecule has 0 aromatic rings. The molecular formula is C7H13NO2. The van der Waals surface area contributed by atoms with E-state index in [0.717, 1.165) is 19.3 Å². The van der Waals surface area contributed by atoms with Crippen LogP contribution in [-0.2, 0) is 4.79 Å². The van der Waals surface area contributed by atoms with Crippen LogP contribution in [0.3, 0.4) is 0 Å². The van der Waals surface area contributed by atoms with Crippen molar-refractivity contribution in [2.75, 3.05) is 0 Å². The maximum absolute atomic E-state index is 10.2. The van der Waals surface area contributed by atoms with Gasteiger partial charge in [0.15, 0.2) is 0 Å². The molecule has 0 aromatic carbocycles. The van der Waals surface area contributed by atoms with Gasteiger partial charge in [-0.15, -0.1) is 0 Å². The zero-order chi connectivity index (χ0) is 7.56. The van der Waals surface area contributed by atoms with Gasteiger partial charge >= 0.3 is 5.97 Å². The Hall–Kier alpha value is -0.570. The van der Waals surface area contributed by atoms with Crippen molar-refractivity contribution >= 4 is 5.97 Å². The number of carbonyl (C=O) groups is 1. The molecule has 3 N–H and O–H groups in total. The molecule has 3 nitrogen and oxygen atoms in total. The summed E-state index contributed by atoms with van der Waals surface area (Å²) in [6.45, 7) is 0. The molecule has 1 rings (SSSR count). The number of nitrogens with two attached hydrogens (primary N) is 1. The van der Waals surface area contributed by atoms with Crippen LogP contribution in [0.1, 0.15) is 25.7 Å². The minimum atomic E-state index is -0.695. The third kappa shape index (κ3) is 1.99. The quantitative estimate of drug-likeness (QED) is 0.594. The fourth-order valence-electron chi connectivity index (χ4n) is 1.55. The van der Waals surface area contributed by atoms with Gasteiger partial charge < -0.3 is 10.8 Å².